The molecule has 2 saturated carbocycles. The Morgan fingerprint density at radius 3 is 2.91 bits per heavy atom. The molecule has 4 atom stereocenters. The first kappa shape index (κ1) is 15.2. The highest BCUT2D eigenvalue weighted by molar-refractivity contribution is 5.69. The number of hydrogen-bond donors (Lipinski definition) is 0. The van der Waals surface area contributed by atoms with Crippen LogP contribution >= 0.6 is 0 Å². The maximum atomic E-state index is 11.2. The minimum absolute atomic E-state index is 0.227. The van der Waals surface area contributed by atoms with Gasteiger partial charge in [0.15, 0.2) is 0 Å². The third-order valence-corrected chi connectivity index (χ3v) is 7.19. The fourth-order valence-corrected chi connectivity index (χ4v) is 6.20. The molecule has 0 bridgehead atoms. The van der Waals surface area contributed by atoms with Crippen LogP contribution in [-0.2, 0) is 11.2 Å². The summed E-state index contributed by atoms with van der Waals surface area (Å²) in [7, 11) is 0. The highest BCUT2D eigenvalue weighted by atomic mass is 16.5. The van der Waals surface area contributed by atoms with Crippen LogP contribution in [0.2, 0.25) is 0 Å². The van der Waals surface area contributed by atoms with E-state index >= 15 is 0 Å². The van der Waals surface area contributed by atoms with Gasteiger partial charge in [-0.2, -0.15) is 0 Å². The lowest BCUT2D eigenvalue weighted by atomic mass is 9.54. The second-order valence-corrected chi connectivity index (χ2v) is 8.02. The molecular weight excluding hydrogens is 284 g/mol. The van der Waals surface area contributed by atoms with Gasteiger partial charge in [0.05, 0.1) is 0 Å². The van der Waals surface area contributed by atoms with Crippen LogP contribution in [0.15, 0.2) is 18.2 Å². The molecule has 0 amide bonds. The Hall–Kier alpha value is -1.31. The molecule has 0 N–H and O–H groups in total. The van der Waals surface area contributed by atoms with Crippen molar-refractivity contribution in [3.63, 3.8) is 0 Å². The first-order valence-corrected chi connectivity index (χ1v) is 9.44. The van der Waals surface area contributed by atoms with Crippen molar-refractivity contribution in [2.75, 3.05) is 0 Å². The third-order valence-electron chi connectivity index (χ3n) is 7.19. The van der Waals surface area contributed by atoms with Crippen molar-refractivity contribution in [3.8, 4) is 5.75 Å². The van der Waals surface area contributed by atoms with Crippen LogP contribution < -0.4 is 4.74 Å². The SMILES string of the molecule is CC[C@@]12CCC[C@H]1[C@@H]1CCc3cc(OC(C)=O)ccc3[C@H]1CC2. The highest BCUT2D eigenvalue weighted by Crippen LogP contribution is 2.62. The van der Waals surface area contributed by atoms with Crippen molar-refractivity contribution in [3.05, 3.63) is 29.3 Å². The number of hydrogen-bond acceptors (Lipinski definition) is 2. The maximum absolute atomic E-state index is 11.2. The van der Waals surface area contributed by atoms with Gasteiger partial charge in [0.2, 0.25) is 0 Å². The number of fused-ring (bicyclic) bond motifs is 5. The number of carbonyl (C=O) groups is 1. The molecule has 0 unspecified atom stereocenters. The number of carbonyl (C=O) groups excluding carboxylic acids is 1. The molecule has 124 valence electrons. The Morgan fingerprint density at radius 1 is 1.26 bits per heavy atom. The van der Waals surface area contributed by atoms with Crippen LogP contribution in [0.3, 0.4) is 0 Å². The van der Waals surface area contributed by atoms with E-state index in [1.807, 2.05) is 6.07 Å². The largest absolute Gasteiger partial charge is 0.427 e. The van der Waals surface area contributed by atoms with Gasteiger partial charge >= 0.3 is 5.97 Å². The minimum Gasteiger partial charge on any atom is -0.427 e. The monoisotopic (exact) mass is 312 g/mol. The zero-order chi connectivity index (χ0) is 16.0. The molecule has 0 aromatic heterocycles. The third kappa shape index (κ3) is 2.42. The smallest absolute Gasteiger partial charge is 0.308 e. The second-order valence-electron chi connectivity index (χ2n) is 8.02. The molecule has 0 aliphatic heterocycles. The lowest BCUT2D eigenvalue weighted by Gasteiger charge is -2.50. The van der Waals surface area contributed by atoms with Crippen molar-refractivity contribution in [1.82, 2.24) is 0 Å². The molecule has 3 aliphatic rings. The van der Waals surface area contributed by atoms with Crippen molar-refractivity contribution < 1.29 is 9.53 Å². The normalized spacial score (nSPS) is 35.1. The summed E-state index contributed by atoms with van der Waals surface area (Å²) in [6, 6.07) is 6.36. The number of esters is 1. The van der Waals surface area contributed by atoms with Crippen molar-refractivity contribution in [1.29, 1.82) is 0 Å². The van der Waals surface area contributed by atoms with E-state index < -0.39 is 0 Å². The number of ether oxygens (including phenoxy) is 1. The highest BCUT2D eigenvalue weighted by Gasteiger charge is 2.51. The molecule has 0 spiro atoms. The Balaban J connectivity index is 1.63. The van der Waals surface area contributed by atoms with Gasteiger partial charge in [0, 0.05) is 6.92 Å². The van der Waals surface area contributed by atoms with E-state index in [9.17, 15) is 4.79 Å². The van der Waals surface area contributed by atoms with Crippen LogP contribution in [-0.4, -0.2) is 5.97 Å². The molecule has 2 heteroatoms. The predicted molar refractivity (Wildman–Crippen MR) is 91.6 cm³/mol. The maximum Gasteiger partial charge on any atom is 0.308 e. The van der Waals surface area contributed by atoms with E-state index in [0.717, 1.165) is 24.2 Å². The van der Waals surface area contributed by atoms with Crippen LogP contribution in [0.25, 0.3) is 0 Å². The van der Waals surface area contributed by atoms with Gasteiger partial charge in [-0.05, 0) is 85.0 Å². The Labute approximate surface area is 139 Å². The van der Waals surface area contributed by atoms with E-state index in [2.05, 4.69) is 19.1 Å². The molecule has 1 aromatic rings. The summed E-state index contributed by atoms with van der Waals surface area (Å²) in [5.41, 5.74) is 3.64. The molecule has 2 nitrogen and oxygen atoms in total. The molecule has 1 aromatic carbocycles. The fraction of sp³-hybridized carbons (Fsp3) is 0.667. The van der Waals surface area contributed by atoms with Crippen LogP contribution in [0.5, 0.6) is 5.75 Å². The van der Waals surface area contributed by atoms with Gasteiger partial charge in [0.25, 0.3) is 0 Å². The number of aryl methyl sites for hydroxylation is 1. The zero-order valence-electron chi connectivity index (χ0n) is 14.4. The van der Waals surface area contributed by atoms with E-state index in [4.69, 9.17) is 4.74 Å². The quantitative estimate of drug-likeness (QED) is 0.551. The molecular formula is C21H28O2. The summed E-state index contributed by atoms with van der Waals surface area (Å²) in [4.78, 5) is 11.2. The van der Waals surface area contributed by atoms with Crippen molar-refractivity contribution in [2.24, 2.45) is 17.3 Å². The Bertz CT molecular complexity index is 620. The standard InChI is InChI=1S/C21H28O2/c1-3-21-11-4-5-20(21)19-8-6-15-13-16(23-14(2)22)7-9-17(15)18(19)10-12-21/h7,9,13,18-20H,3-6,8,10-12H2,1-2H3/t18-,19-,20+,21+/m1/s1. The van der Waals surface area contributed by atoms with Crippen LogP contribution in [0.4, 0.5) is 0 Å². The van der Waals surface area contributed by atoms with Gasteiger partial charge in [-0.15, -0.1) is 0 Å². The summed E-state index contributed by atoms with van der Waals surface area (Å²) in [5, 5.41) is 0. The summed E-state index contributed by atoms with van der Waals surface area (Å²) in [5.74, 6) is 3.07. The summed E-state index contributed by atoms with van der Waals surface area (Å²) < 4.78 is 5.28. The van der Waals surface area contributed by atoms with Crippen molar-refractivity contribution >= 4 is 5.97 Å². The molecule has 23 heavy (non-hydrogen) atoms. The lowest BCUT2D eigenvalue weighted by molar-refractivity contribution is -0.131. The Kier molecular flexibility index (Phi) is 3.74. The zero-order valence-corrected chi connectivity index (χ0v) is 14.4. The molecule has 3 aliphatic carbocycles. The minimum atomic E-state index is -0.227. The second kappa shape index (κ2) is 5.65. The van der Waals surface area contributed by atoms with Crippen LogP contribution in [0.1, 0.15) is 75.8 Å². The van der Waals surface area contributed by atoms with Gasteiger partial charge in [-0.25, -0.2) is 0 Å². The summed E-state index contributed by atoms with van der Waals surface area (Å²) in [6.07, 6.45) is 11.0. The average molecular weight is 312 g/mol. The van der Waals surface area contributed by atoms with Gasteiger partial charge in [-0.3, -0.25) is 4.79 Å². The average Bonchev–Trinajstić information content (AvgIpc) is 2.98. The molecule has 2 fully saturated rings. The summed E-state index contributed by atoms with van der Waals surface area (Å²) in [6.45, 7) is 3.89. The van der Waals surface area contributed by atoms with Crippen LogP contribution in [0, 0.1) is 17.3 Å². The number of benzene rings is 1. The van der Waals surface area contributed by atoms with E-state index in [1.54, 1.807) is 5.56 Å². The molecule has 4 rings (SSSR count). The molecule has 0 saturated heterocycles. The number of rotatable bonds is 2. The molecule has 0 radical (unpaired) electrons. The Morgan fingerprint density at radius 2 is 2.13 bits per heavy atom. The first-order chi connectivity index (χ1) is 11.1. The molecule has 0 heterocycles. The fourth-order valence-electron chi connectivity index (χ4n) is 6.20. The lowest BCUT2D eigenvalue weighted by Crippen LogP contribution is -2.40. The predicted octanol–water partition coefficient (Wildman–Crippen LogP) is 5.25. The van der Waals surface area contributed by atoms with Gasteiger partial charge in [0.1, 0.15) is 5.75 Å². The topological polar surface area (TPSA) is 26.3 Å². The van der Waals surface area contributed by atoms with Crippen molar-refractivity contribution in [2.45, 2.75) is 71.1 Å². The van der Waals surface area contributed by atoms with E-state index in [1.165, 1.54) is 57.4 Å². The van der Waals surface area contributed by atoms with E-state index in [0.29, 0.717) is 11.2 Å². The first-order valence-electron chi connectivity index (χ1n) is 9.44. The summed E-state index contributed by atoms with van der Waals surface area (Å²) >= 11 is 0. The van der Waals surface area contributed by atoms with Gasteiger partial charge in [-0.1, -0.05) is 25.8 Å². The van der Waals surface area contributed by atoms with Gasteiger partial charge < -0.3 is 4.74 Å². The van der Waals surface area contributed by atoms with E-state index in [-0.39, 0.29) is 5.97 Å².